The van der Waals surface area contributed by atoms with Gasteiger partial charge >= 0.3 is 5.97 Å². The van der Waals surface area contributed by atoms with Gasteiger partial charge in [0.15, 0.2) is 5.82 Å². The van der Waals surface area contributed by atoms with Crippen LogP contribution in [0.2, 0.25) is 0 Å². The largest absolute Gasteiger partial charge is 0.497 e. The predicted octanol–water partition coefficient (Wildman–Crippen LogP) is 3.14. The summed E-state index contributed by atoms with van der Waals surface area (Å²) in [6.45, 7) is 2.50. The molecule has 1 amide bonds. The van der Waals surface area contributed by atoms with Crippen molar-refractivity contribution < 1.29 is 23.8 Å². The summed E-state index contributed by atoms with van der Waals surface area (Å²) in [5.74, 6) is 0.782. The van der Waals surface area contributed by atoms with Crippen molar-refractivity contribution in [3.8, 4) is 17.2 Å². The highest BCUT2D eigenvalue weighted by Gasteiger charge is 2.22. The summed E-state index contributed by atoms with van der Waals surface area (Å²) in [6, 6.07) is 14.8. The summed E-state index contributed by atoms with van der Waals surface area (Å²) in [7, 11) is 5.01. The second-order valence-corrected chi connectivity index (χ2v) is 7.27. The van der Waals surface area contributed by atoms with Crippen molar-refractivity contribution in [1.82, 2.24) is 14.7 Å². The summed E-state index contributed by atoms with van der Waals surface area (Å²) in [5, 5.41) is 7.12. The first-order chi connectivity index (χ1) is 16.0. The monoisotopic (exact) mass is 452 g/mol. The second kappa shape index (κ2) is 11.1. The highest BCUT2D eigenvalue weighted by Crippen LogP contribution is 2.26. The number of carbonyl (C=O) groups is 2. The Morgan fingerprint density at radius 1 is 1.09 bits per heavy atom. The summed E-state index contributed by atoms with van der Waals surface area (Å²) in [4.78, 5) is 27.1. The van der Waals surface area contributed by atoms with E-state index in [4.69, 9.17) is 14.2 Å². The van der Waals surface area contributed by atoms with Crippen molar-refractivity contribution in [1.29, 1.82) is 0 Å². The Labute approximate surface area is 192 Å². The fraction of sp³-hybridized carbons (Fsp3) is 0.292. The van der Waals surface area contributed by atoms with Gasteiger partial charge in [-0.2, -0.15) is 5.10 Å². The zero-order valence-corrected chi connectivity index (χ0v) is 19.2. The van der Waals surface area contributed by atoms with Crippen LogP contribution in [0.25, 0.3) is 5.69 Å². The number of benzene rings is 2. The number of para-hydroxylation sites is 1. The SMILES string of the molecule is CCOC(=O)c1cnn(-c2ccccc2)c1NC(=O)CN(C)Cc1ccc(OC)cc1OC. The Kier molecular flexibility index (Phi) is 8.04. The molecule has 0 bridgehead atoms. The maximum Gasteiger partial charge on any atom is 0.343 e. The molecule has 9 nitrogen and oxygen atoms in total. The van der Waals surface area contributed by atoms with E-state index in [-0.39, 0.29) is 30.4 Å². The number of nitrogens with zero attached hydrogens (tertiary/aromatic N) is 3. The topological polar surface area (TPSA) is 94.9 Å². The molecule has 0 spiro atoms. The lowest BCUT2D eigenvalue weighted by Crippen LogP contribution is -2.31. The van der Waals surface area contributed by atoms with E-state index in [2.05, 4.69) is 10.4 Å². The van der Waals surface area contributed by atoms with Gasteiger partial charge in [0.2, 0.25) is 5.91 Å². The van der Waals surface area contributed by atoms with Crippen LogP contribution in [0.15, 0.2) is 54.7 Å². The van der Waals surface area contributed by atoms with Crippen LogP contribution in [0.5, 0.6) is 11.5 Å². The number of ether oxygens (including phenoxy) is 3. The number of rotatable bonds is 10. The Morgan fingerprint density at radius 2 is 1.85 bits per heavy atom. The van der Waals surface area contributed by atoms with Gasteiger partial charge in [0.05, 0.1) is 39.3 Å². The van der Waals surface area contributed by atoms with Gasteiger partial charge in [0, 0.05) is 18.2 Å². The fourth-order valence-corrected chi connectivity index (χ4v) is 3.34. The molecule has 0 unspecified atom stereocenters. The number of anilines is 1. The van der Waals surface area contributed by atoms with Crippen molar-refractivity contribution >= 4 is 17.7 Å². The number of methoxy groups -OCH3 is 2. The van der Waals surface area contributed by atoms with Gasteiger partial charge in [-0.25, -0.2) is 9.48 Å². The number of esters is 1. The number of carbonyl (C=O) groups excluding carboxylic acids is 2. The summed E-state index contributed by atoms with van der Waals surface area (Å²) in [6.07, 6.45) is 1.40. The number of likely N-dealkylation sites (N-methyl/N-ethyl adjacent to an activating group) is 1. The summed E-state index contributed by atoms with van der Waals surface area (Å²) in [5.41, 5.74) is 1.81. The van der Waals surface area contributed by atoms with Gasteiger partial charge in [0.1, 0.15) is 17.1 Å². The lowest BCUT2D eigenvalue weighted by molar-refractivity contribution is -0.117. The molecule has 0 fully saturated rings. The third kappa shape index (κ3) is 5.89. The van der Waals surface area contributed by atoms with Gasteiger partial charge in [-0.15, -0.1) is 0 Å². The fourth-order valence-electron chi connectivity index (χ4n) is 3.34. The molecular formula is C24H28N4O5. The average molecular weight is 453 g/mol. The second-order valence-electron chi connectivity index (χ2n) is 7.27. The van der Waals surface area contributed by atoms with Crippen LogP contribution in [0.3, 0.4) is 0 Å². The van der Waals surface area contributed by atoms with Crippen LogP contribution in [-0.4, -0.2) is 61.0 Å². The van der Waals surface area contributed by atoms with Crippen molar-refractivity contribution in [2.24, 2.45) is 0 Å². The van der Waals surface area contributed by atoms with Crippen LogP contribution in [0.1, 0.15) is 22.8 Å². The molecule has 0 aliphatic heterocycles. The van der Waals surface area contributed by atoms with Gasteiger partial charge < -0.3 is 19.5 Å². The number of hydrogen-bond acceptors (Lipinski definition) is 7. The molecule has 9 heteroatoms. The minimum absolute atomic E-state index is 0.0808. The van der Waals surface area contributed by atoms with Crippen molar-refractivity contribution in [3.05, 3.63) is 65.9 Å². The van der Waals surface area contributed by atoms with E-state index in [0.717, 1.165) is 5.56 Å². The Hall–Kier alpha value is -3.85. The molecular weight excluding hydrogens is 424 g/mol. The molecule has 0 aliphatic carbocycles. The summed E-state index contributed by atoms with van der Waals surface area (Å²) >= 11 is 0. The predicted molar refractivity (Wildman–Crippen MR) is 124 cm³/mol. The quantitative estimate of drug-likeness (QED) is 0.472. The van der Waals surface area contributed by atoms with Crippen molar-refractivity contribution in [3.63, 3.8) is 0 Å². The van der Waals surface area contributed by atoms with Crippen LogP contribution in [0.4, 0.5) is 5.82 Å². The van der Waals surface area contributed by atoms with Crippen LogP contribution >= 0.6 is 0 Å². The highest BCUT2D eigenvalue weighted by atomic mass is 16.5. The maximum atomic E-state index is 12.9. The van der Waals surface area contributed by atoms with E-state index in [1.165, 1.54) is 10.9 Å². The standard InChI is InChI=1S/C24H28N4O5/c1-5-33-24(30)20-14-25-28(18-9-7-6-8-10-18)23(20)26-22(29)16-27(2)15-17-11-12-19(31-3)13-21(17)32-4/h6-14H,5,15-16H2,1-4H3,(H,26,29). The molecule has 0 aliphatic rings. The van der Waals surface area contributed by atoms with Gasteiger partial charge in [-0.1, -0.05) is 24.3 Å². The molecule has 33 heavy (non-hydrogen) atoms. The first kappa shape index (κ1) is 23.8. The minimum atomic E-state index is -0.550. The molecule has 0 radical (unpaired) electrons. The highest BCUT2D eigenvalue weighted by molar-refractivity contribution is 6.01. The van der Waals surface area contributed by atoms with Gasteiger partial charge in [-0.3, -0.25) is 9.69 Å². The van der Waals surface area contributed by atoms with E-state index in [1.54, 1.807) is 27.2 Å². The van der Waals surface area contributed by atoms with E-state index in [9.17, 15) is 9.59 Å². The number of aromatic nitrogens is 2. The van der Waals surface area contributed by atoms with Crippen molar-refractivity contribution in [2.75, 3.05) is 39.7 Å². The number of amides is 1. The first-order valence-electron chi connectivity index (χ1n) is 10.5. The molecule has 0 saturated carbocycles. The van der Waals surface area contributed by atoms with E-state index < -0.39 is 5.97 Å². The third-order valence-electron chi connectivity index (χ3n) is 4.87. The molecule has 0 saturated heterocycles. The zero-order valence-electron chi connectivity index (χ0n) is 19.2. The molecule has 174 valence electrons. The van der Waals surface area contributed by atoms with Crippen LogP contribution in [0, 0.1) is 0 Å². The number of nitrogens with one attached hydrogen (secondary N) is 1. The molecule has 0 atom stereocenters. The van der Waals surface area contributed by atoms with E-state index >= 15 is 0 Å². The van der Waals surface area contributed by atoms with E-state index in [0.29, 0.717) is 23.7 Å². The first-order valence-corrected chi connectivity index (χ1v) is 10.5. The average Bonchev–Trinajstić information content (AvgIpc) is 3.23. The maximum absolute atomic E-state index is 12.9. The minimum Gasteiger partial charge on any atom is -0.497 e. The van der Waals surface area contributed by atoms with E-state index in [1.807, 2.05) is 54.4 Å². The Bertz CT molecular complexity index is 1100. The zero-order chi connectivity index (χ0) is 23.8. The lowest BCUT2D eigenvalue weighted by atomic mass is 10.2. The van der Waals surface area contributed by atoms with Crippen LogP contribution < -0.4 is 14.8 Å². The van der Waals surface area contributed by atoms with Gasteiger partial charge in [-0.05, 0) is 32.2 Å². The third-order valence-corrected chi connectivity index (χ3v) is 4.87. The molecule has 1 aromatic heterocycles. The molecule has 3 aromatic rings. The summed E-state index contributed by atoms with van der Waals surface area (Å²) < 4.78 is 17.3. The van der Waals surface area contributed by atoms with Gasteiger partial charge in [0.25, 0.3) is 0 Å². The smallest absolute Gasteiger partial charge is 0.343 e. The molecule has 2 aromatic carbocycles. The van der Waals surface area contributed by atoms with Crippen LogP contribution in [-0.2, 0) is 16.1 Å². The van der Waals surface area contributed by atoms with Crippen molar-refractivity contribution in [2.45, 2.75) is 13.5 Å². The molecule has 3 rings (SSSR count). The lowest BCUT2D eigenvalue weighted by Gasteiger charge is -2.19. The Balaban J connectivity index is 1.76. The number of hydrogen-bond donors (Lipinski definition) is 1. The molecule has 1 heterocycles. The molecule has 1 N–H and O–H groups in total. The normalized spacial score (nSPS) is 10.7. The Morgan fingerprint density at radius 3 is 2.52 bits per heavy atom.